The van der Waals surface area contributed by atoms with Crippen LogP contribution in [-0.4, -0.2) is 4.98 Å². The fourth-order valence-electron chi connectivity index (χ4n) is 1.14. The van der Waals surface area contributed by atoms with Crippen molar-refractivity contribution >= 4 is 10.8 Å². The van der Waals surface area contributed by atoms with Crippen LogP contribution in [0.4, 0.5) is 0 Å². The van der Waals surface area contributed by atoms with Gasteiger partial charge in [-0.3, -0.25) is 9.78 Å². The smallest absolute Gasteiger partial charge is 0.197 e. The third-order valence-electron chi connectivity index (χ3n) is 1.71. The van der Waals surface area contributed by atoms with Gasteiger partial charge in [-0.1, -0.05) is 24.3 Å². The lowest BCUT2D eigenvalue weighted by Crippen LogP contribution is -1.90. The molecule has 2 aromatic rings. The first-order chi connectivity index (χ1) is 5.86. The lowest BCUT2D eigenvalue weighted by molar-refractivity contribution is 1.35. The summed E-state index contributed by atoms with van der Waals surface area (Å²) >= 11 is 0. The van der Waals surface area contributed by atoms with Gasteiger partial charge in [0.2, 0.25) is 0 Å². The summed E-state index contributed by atoms with van der Waals surface area (Å²) < 4.78 is 0. The number of fused-ring (bicyclic) bond motifs is 1. The molecular weight excluding hydrogens is 150 g/mol. The molecule has 1 heterocycles. The molecule has 12 heavy (non-hydrogen) atoms. The second-order valence-electron chi connectivity index (χ2n) is 2.58. The van der Waals surface area contributed by atoms with Crippen molar-refractivity contribution < 1.29 is 0 Å². The summed E-state index contributed by atoms with van der Waals surface area (Å²) in [6, 6.07) is 9.25. The van der Waals surface area contributed by atoms with Gasteiger partial charge >= 0.3 is 0 Å². The Morgan fingerprint density at radius 3 is 2.58 bits per heavy atom. The number of hydrogen-bond acceptors (Lipinski definition) is 2. The number of aromatic nitrogens is 1. The standard InChI is InChI=1S/C10H7NO/c12-10-5-8-3-1-2-4-9(8)6-11-7-10/h1-7H. The van der Waals surface area contributed by atoms with Crippen molar-refractivity contribution in [2.24, 2.45) is 0 Å². The van der Waals surface area contributed by atoms with Crippen molar-refractivity contribution in [1.82, 2.24) is 4.98 Å². The van der Waals surface area contributed by atoms with Crippen molar-refractivity contribution in [3.63, 3.8) is 0 Å². The van der Waals surface area contributed by atoms with E-state index in [0.29, 0.717) is 0 Å². The molecule has 0 radical (unpaired) electrons. The first-order valence-electron chi connectivity index (χ1n) is 3.70. The molecule has 2 rings (SSSR count). The second-order valence-corrected chi connectivity index (χ2v) is 2.58. The van der Waals surface area contributed by atoms with Gasteiger partial charge in [-0.2, -0.15) is 0 Å². The Labute approximate surface area is 69.5 Å². The summed E-state index contributed by atoms with van der Waals surface area (Å²) in [6.07, 6.45) is 3.01. The Morgan fingerprint density at radius 2 is 1.75 bits per heavy atom. The van der Waals surface area contributed by atoms with E-state index in [-0.39, 0.29) is 5.43 Å². The van der Waals surface area contributed by atoms with Gasteiger partial charge in [0.25, 0.3) is 0 Å². The van der Waals surface area contributed by atoms with E-state index in [1.165, 1.54) is 6.20 Å². The number of rotatable bonds is 0. The topological polar surface area (TPSA) is 30.0 Å². The molecule has 0 spiro atoms. The van der Waals surface area contributed by atoms with Crippen molar-refractivity contribution in [2.75, 3.05) is 0 Å². The van der Waals surface area contributed by atoms with Crippen LogP contribution < -0.4 is 5.43 Å². The van der Waals surface area contributed by atoms with Crippen LogP contribution in [0.1, 0.15) is 0 Å². The Hall–Kier alpha value is -1.70. The molecule has 0 aliphatic carbocycles. The maximum atomic E-state index is 11.0. The number of hydrogen-bond donors (Lipinski definition) is 0. The van der Waals surface area contributed by atoms with E-state index in [4.69, 9.17) is 0 Å². The van der Waals surface area contributed by atoms with E-state index in [1.807, 2.05) is 24.3 Å². The number of nitrogens with zero attached hydrogens (tertiary/aromatic N) is 1. The van der Waals surface area contributed by atoms with Crippen molar-refractivity contribution in [2.45, 2.75) is 0 Å². The molecule has 0 aliphatic heterocycles. The summed E-state index contributed by atoms with van der Waals surface area (Å²) in [6.45, 7) is 0. The molecule has 1 aromatic heterocycles. The molecule has 2 nitrogen and oxygen atoms in total. The average molecular weight is 157 g/mol. The van der Waals surface area contributed by atoms with E-state index < -0.39 is 0 Å². The van der Waals surface area contributed by atoms with Gasteiger partial charge in [0.15, 0.2) is 5.43 Å². The van der Waals surface area contributed by atoms with Gasteiger partial charge in [-0.25, -0.2) is 0 Å². The van der Waals surface area contributed by atoms with Crippen LogP contribution in [0.2, 0.25) is 0 Å². The summed E-state index contributed by atoms with van der Waals surface area (Å²) in [5.74, 6) is 0. The van der Waals surface area contributed by atoms with E-state index >= 15 is 0 Å². The van der Waals surface area contributed by atoms with Crippen LogP contribution in [-0.2, 0) is 0 Å². The normalized spacial score (nSPS) is 10.0. The summed E-state index contributed by atoms with van der Waals surface area (Å²) in [5, 5.41) is 1.92. The molecule has 0 saturated heterocycles. The van der Waals surface area contributed by atoms with E-state index in [2.05, 4.69) is 4.98 Å². The number of benzene rings is 1. The molecule has 0 N–H and O–H groups in total. The molecule has 0 atom stereocenters. The van der Waals surface area contributed by atoms with Gasteiger partial charge in [-0.05, 0) is 11.5 Å². The molecule has 0 fully saturated rings. The first kappa shape index (κ1) is 6.98. The van der Waals surface area contributed by atoms with E-state index in [0.717, 1.165) is 10.8 Å². The van der Waals surface area contributed by atoms with Gasteiger partial charge in [-0.15, -0.1) is 0 Å². The highest BCUT2D eigenvalue weighted by Gasteiger charge is 1.88. The fraction of sp³-hybridized carbons (Fsp3) is 0. The van der Waals surface area contributed by atoms with Crippen LogP contribution >= 0.6 is 0 Å². The molecule has 0 bridgehead atoms. The van der Waals surface area contributed by atoms with Gasteiger partial charge in [0, 0.05) is 11.6 Å². The summed E-state index contributed by atoms with van der Waals surface area (Å²) in [4.78, 5) is 14.9. The molecule has 0 saturated carbocycles. The molecule has 2 heteroatoms. The second kappa shape index (κ2) is 2.74. The van der Waals surface area contributed by atoms with Gasteiger partial charge < -0.3 is 0 Å². The molecule has 58 valence electrons. The molecule has 0 amide bonds. The van der Waals surface area contributed by atoms with E-state index in [1.54, 1.807) is 12.3 Å². The maximum Gasteiger partial charge on any atom is 0.197 e. The zero-order valence-electron chi connectivity index (χ0n) is 6.40. The minimum atomic E-state index is -0.0591. The predicted octanol–water partition coefficient (Wildman–Crippen LogP) is 1.59. The zero-order chi connectivity index (χ0) is 8.39. The Kier molecular flexibility index (Phi) is 1.59. The predicted molar refractivity (Wildman–Crippen MR) is 48.0 cm³/mol. The largest absolute Gasteiger partial charge is 0.288 e. The minimum absolute atomic E-state index is 0.0591. The van der Waals surface area contributed by atoms with Crippen LogP contribution in [0.5, 0.6) is 0 Å². The SMILES string of the molecule is O=c1cncc2ccccc2c1. The Bertz CT molecular complexity index is 465. The molecular formula is C10H7NO. The lowest BCUT2D eigenvalue weighted by Gasteiger charge is -1.86. The van der Waals surface area contributed by atoms with Gasteiger partial charge in [0.1, 0.15) is 0 Å². The van der Waals surface area contributed by atoms with Crippen LogP contribution in [0.3, 0.4) is 0 Å². The third kappa shape index (κ3) is 1.19. The monoisotopic (exact) mass is 157 g/mol. The summed E-state index contributed by atoms with van der Waals surface area (Å²) in [7, 11) is 0. The zero-order valence-corrected chi connectivity index (χ0v) is 6.40. The Morgan fingerprint density at radius 1 is 1.00 bits per heavy atom. The van der Waals surface area contributed by atoms with Crippen LogP contribution in [0.25, 0.3) is 10.8 Å². The maximum absolute atomic E-state index is 11.0. The van der Waals surface area contributed by atoms with Crippen LogP contribution in [0.15, 0.2) is 47.5 Å². The van der Waals surface area contributed by atoms with Crippen molar-refractivity contribution in [1.29, 1.82) is 0 Å². The van der Waals surface area contributed by atoms with Gasteiger partial charge in [0.05, 0.1) is 6.20 Å². The minimum Gasteiger partial charge on any atom is -0.288 e. The molecule has 0 aliphatic rings. The van der Waals surface area contributed by atoms with Crippen molar-refractivity contribution in [3.8, 4) is 0 Å². The van der Waals surface area contributed by atoms with Crippen LogP contribution in [0, 0.1) is 0 Å². The lowest BCUT2D eigenvalue weighted by atomic mass is 10.2. The average Bonchev–Trinajstić information content (AvgIpc) is 2.25. The third-order valence-corrected chi connectivity index (χ3v) is 1.71. The van der Waals surface area contributed by atoms with Crippen molar-refractivity contribution in [3.05, 3.63) is 52.9 Å². The Balaban J connectivity index is 2.98. The van der Waals surface area contributed by atoms with E-state index in [9.17, 15) is 4.79 Å². The fourth-order valence-corrected chi connectivity index (χ4v) is 1.14. The highest BCUT2D eigenvalue weighted by atomic mass is 16.1. The summed E-state index contributed by atoms with van der Waals surface area (Å²) in [5.41, 5.74) is -0.0591. The quantitative estimate of drug-likeness (QED) is 0.581. The molecule has 0 unspecified atom stereocenters. The first-order valence-corrected chi connectivity index (χ1v) is 3.70. The highest BCUT2D eigenvalue weighted by Crippen LogP contribution is 2.07. The highest BCUT2D eigenvalue weighted by molar-refractivity contribution is 5.80. The molecule has 1 aromatic carbocycles.